The average molecular weight is 377 g/mol. The van der Waals surface area contributed by atoms with Crippen molar-refractivity contribution >= 4 is 21.9 Å². The van der Waals surface area contributed by atoms with Crippen LogP contribution in [0.25, 0.3) is 0 Å². The van der Waals surface area contributed by atoms with Crippen LogP contribution in [0.4, 0.5) is 0 Å². The van der Waals surface area contributed by atoms with Crippen molar-refractivity contribution in [1.82, 2.24) is 0 Å². The Labute approximate surface area is 147 Å². The topological polar surface area (TPSA) is 46.5 Å². The van der Waals surface area contributed by atoms with Crippen molar-refractivity contribution in [3.05, 3.63) is 23.2 Å². The van der Waals surface area contributed by atoms with Crippen LogP contribution in [0, 0.1) is 35.5 Å². The first-order chi connectivity index (χ1) is 11.2. The fourth-order valence-electron chi connectivity index (χ4n) is 1.42. The number of esters is 1. The fraction of sp³-hybridized carbons (Fsp3) is 0.421. The van der Waals surface area contributed by atoms with E-state index in [1.54, 1.807) is 17.1 Å². The molecule has 0 aliphatic rings. The number of allylic oxidation sites excluding steroid dienone is 3. The van der Waals surface area contributed by atoms with Crippen molar-refractivity contribution in [3.63, 3.8) is 0 Å². The summed E-state index contributed by atoms with van der Waals surface area (Å²) < 4.78 is 4.52. The Balaban J connectivity index is 3.77. The summed E-state index contributed by atoms with van der Waals surface area (Å²) >= 11 is 3.13. The van der Waals surface area contributed by atoms with Gasteiger partial charge >= 0.3 is 5.97 Å². The molecule has 1 atom stereocenters. The molecule has 0 aromatic heterocycles. The van der Waals surface area contributed by atoms with Crippen LogP contribution in [0.3, 0.4) is 0 Å². The van der Waals surface area contributed by atoms with Gasteiger partial charge in [0, 0.05) is 12.8 Å². The van der Waals surface area contributed by atoms with Gasteiger partial charge in [-0.3, -0.25) is 4.79 Å². The second-order valence-corrected chi connectivity index (χ2v) is 4.96. The number of aliphatic hydroxyl groups excluding tert-OH is 1. The van der Waals surface area contributed by atoms with Gasteiger partial charge in [-0.15, -0.1) is 0 Å². The van der Waals surface area contributed by atoms with Gasteiger partial charge in [-0.25, -0.2) is 0 Å². The van der Waals surface area contributed by atoms with Crippen LogP contribution in [-0.2, 0) is 9.53 Å². The minimum atomic E-state index is -0.657. The summed E-state index contributed by atoms with van der Waals surface area (Å²) in [6, 6.07) is 0. The number of hydrogen-bond donors (Lipinski definition) is 1. The van der Waals surface area contributed by atoms with Gasteiger partial charge in [-0.05, 0) is 54.7 Å². The largest absolute Gasteiger partial charge is 0.469 e. The van der Waals surface area contributed by atoms with Gasteiger partial charge in [0.15, 0.2) is 0 Å². The highest BCUT2D eigenvalue weighted by Gasteiger charge is 1.97. The minimum absolute atomic E-state index is 0.229. The molecule has 0 saturated heterocycles. The first-order valence-corrected chi connectivity index (χ1v) is 8.26. The predicted octanol–water partition coefficient (Wildman–Crippen LogP) is 3.34. The molecule has 0 saturated carbocycles. The maximum Gasteiger partial charge on any atom is 0.305 e. The lowest BCUT2D eigenvalue weighted by Gasteiger charge is -1.99. The van der Waals surface area contributed by atoms with E-state index in [1.807, 2.05) is 6.08 Å². The zero-order chi connectivity index (χ0) is 17.2. The third kappa shape index (κ3) is 16.3. The summed E-state index contributed by atoms with van der Waals surface area (Å²) in [5, 5.41) is 9.66. The molecule has 0 rings (SSSR count). The normalized spacial score (nSPS) is 10.9. The molecule has 0 bridgehead atoms. The second kappa shape index (κ2) is 16.4. The highest BCUT2D eigenvalue weighted by Crippen LogP contribution is 2.00. The van der Waals surface area contributed by atoms with Gasteiger partial charge in [0.1, 0.15) is 6.10 Å². The maximum atomic E-state index is 10.9. The van der Waals surface area contributed by atoms with Gasteiger partial charge < -0.3 is 9.84 Å². The number of aliphatic hydroxyl groups is 1. The Morgan fingerprint density at radius 3 is 2.78 bits per heavy atom. The summed E-state index contributed by atoms with van der Waals surface area (Å²) in [7, 11) is 1.37. The van der Waals surface area contributed by atoms with Gasteiger partial charge in [0.2, 0.25) is 0 Å². The van der Waals surface area contributed by atoms with Crippen molar-refractivity contribution in [3.8, 4) is 35.5 Å². The van der Waals surface area contributed by atoms with Gasteiger partial charge in [-0.2, -0.15) is 0 Å². The highest BCUT2D eigenvalue weighted by molar-refractivity contribution is 9.11. The molecule has 0 aromatic rings. The van der Waals surface area contributed by atoms with E-state index in [0.717, 1.165) is 12.8 Å². The zero-order valence-corrected chi connectivity index (χ0v) is 14.9. The SMILES string of the molecule is COC(=O)CCCC#CC#C[C@@H](O)CCCC=CC#CC=CBr. The number of methoxy groups -OCH3 is 1. The molecule has 0 aromatic carbocycles. The van der Waals surface area contributed by atoms with Crippen LogP contribution in [0.15, 0.2) is 23.2 Å². The lowest BCUT2D eigenvalue weighted by Crippen LogP contribution is -2.01. The molecule has 23 heavy (non-hydrogen) atoms. The number of unbranched alkanes of at least 4 members (excludes halogenated alkanes) is 2. The summed E-state index contributed by atoms with van der Waals surface area (Å²) in [4.78, 5) is 12.6. The summed E-state index contributed by atoms with van der Waals surface area (Å²) in [6.45, 7) is 0. The molecule has 0 aliphatic carbocycles. The molecule has 4 heteroatoms. The van der Waals surface area contributed by atoms with E-state index >= 15 is 0 Å². The van der Waals surface area contributed by atoms with E-state index in [1.165, 1.54) is 7.11 Å². The molecule has 0 aliphatic heterocycles. The predicted molar refractivity (Wildman–Crippen MR) is 96.3 cm³/mol. The van der Waals surface area contributed by atoms with Crippen molar-refractivity contribution in [2.75, 3.05) is 7.11 Å². The fourth-order valence-corrected chi connectivity index (χ4v) is 1.55. The lowest BCUT2D eigenvalue weighted by molar-refractivity contribution is -0.140. The van der Waals surface area contributed by atoms with E-state index in [9.17, 15) is 9.90 Å². The summed E-state index contributed by atoms with van der Waals surface area (Å²) in [5.41, 5.74) is 0. The Kier molecular flexibility index (Phi) is 15.1. The van der Waals surface area contributed by atoms with Crippen LogP contribution in [0.2, 0.25) is 0 Å². The minimum Gasteiger partial charge on any atom is -0.469 e. The first kappa shape index (κ1) is 21.1. The molecular formula is C19H21BrO3. The van der Waals surface area contributed by atoms with Crippen molar-refractivity contribution < 1.29 is 14.6 Å². The van der Waals surface area contributed by atoms with E-state index < -0.39 is 6.10 Å². The van der Waals surface area contributed by atoms with Gasteiger partial charge in [0.05, 0.1) is 7.11 Å². The molecule has 0 unspecified atom stereocenters. The Morgan fingerprint density at radius 2 is 2.04 bits per heavy atom. The van der Waals surface area contributed by atoms with Gasteiger partial charge in [-0.1, -0.05) is 45.7 Å². The number of carbonyl (C=O) groups excluding carboxylic acids is 1. The Morgan fingerprint density at radius 1 is 1.26 bits per heavy atom. The lowest BCUT2D eigenvalue weighted by atomic mass is 10.1. The number of ether oxygens (including phenoxy) is 1. The molecule has 0 fully saturated rings. The first-order valence-electron chi connectivity index (χ1n) is 7.35. The van der Waals surface area contributed by atoms with E-state index in [0.29, 0.717) is 25.7 Å². The number of carbonyl (C=O) groups is 1. The Hall–Kier alpha value is -1.93. The van der Waals surface area contributed by atoms with Crippen LogP contribution in [0.1, 0.15) is 38.5 Å². The molecule has 1 N–H and O–H groups in total. The quantitative estimate of drug-likeness (QED) is 0.421. The standard InChI is InChI=1S/C19H21BrO3/c1-23-19(22)16-12-8-5-7-11-15-18(21)14-10-6-3-2-4-9-13-17-20/h2-3,13,17-18,21H,6,8,10,12,14,16H2,1H3/t18-/m0/s1. The smallest absolute Gasteiger partial charge is 0.305 e. The van der Waals surface area contributed by atoms with Crippen molar-refractivity contribution in [2.45, 2.75) is 44.6 Å². The third-order valence-electron chi connectivity index (χ3n) is 2.58. The van der Waals surface area contributed by atoms with Crippen molar-refractivity contribution in [2.24, 2.45) is 0 Å². The van der Waals surface area contributed by atoms with E-state index in [-0.39, 0.29) is 5.97 Å². The molecule has 0 amide bonds. The van der Waals surface area contributed by atoms with Gasteiger partial charge in [0.25, 0.3) is 0 Å². The molecule has 0 spiro atoms. The van der Waals surface area contributed by atoms with Crippen LogP contribution in [0.5, 0.6) is 0 Å². The summed E-state index contributed by atoms with van der Waals surface area (Å²) in [5.74, 6) is 16.3. The van der Waals surface area contributed by atoms with Crippen LogP contribution >= 0.6 is 15.9 Å². The Bertz CT molecular complexity index is 571. The third-order valence-corrected chi connectivity index (χ3v) is 2.84. The summed E-state index contributed by atoms with van der Waals surface area (Å²) in [6.07, 6.45) is 8.73. The average Bonchev–Trinajstić information content (AvgIpc) is 2.56. The number of hydrogen-bond acceptors (Lipinski definition) is 3. The van der Waals surface area contributed by atoms with Crippen LogP contribution in [-0.4, -0.2) is 24.3 Å². The second-order valence-electron chi connectivity index (χ2n) is 4.43. The number of halogens is 1. The molecule has 122 valence electrons. The van der Waals surface area contributed by atoms with Crippen LogP contribution < -0.4 is 0 Å². The maximum absolute atomic E-state index is 10.9. The molecule has 3 nitrogen and oxygen atoms in total. The zero-order valence-electron chi connectivity index (χ0n) is 13.3. The monoisotopic (exact) mass is 376 g/mol. The van der Waals surface area contributed by atoms with Crippen molar-refractivity contribution in [1.29, 1.82) is 0 Å². The van der Waals surface area contributed by atoms with E-state index in [2.05, 4.69) is 56.2 Å². The molecule has 0 heterocycles. The molecular weight excluding hydrogens is 356 g/mol. The highest BCUT2D eigenvalue weighted by atomic mass is 79.9. The molecule has 0 radical (unpaired) electrons. The number of rotatable bonds is 7. The van der Waals surface area contributed by atoms with E-state index in [4.69, 9.17) is 0 Å².